The summed E-state index contributed by atoms with van der Waals surface area (Å²) in [5.41, 5.74) is 2.61. The van der Waals surface area contributed by atoms with Gasteiger partial charge in [0.25, 0.3) is 0 Å². The molecule has 34 heavy (non-hydrogen) atoms. The summed E-state index contributed by atoms with van der Waals surface area (Å²) in [7, 11) is -4.13. The Labute approximate surface area is 200 Å². The van der Waals surface area contributed by atoms with E-state index < -0.39 is 26.6 Å². The van der Waals surface area contributed by atoms with Crippen molar-refractivity contribution in [2.24, 2.45) is 11.8 Å². The largest absolute Gasteiger partial charge is 0.342 e. The Morgan fingerprint density at radius 1 is 0.941 bits per heavy atom. The maximum absolute atomic E-state index is 14.0. The van der Waals surface area contributed by atoms with E-state index in [1.807, 2.05) is 4.90 Å². The van der Waals surface area contributed by atoms with E-state index in [9.17, 15) is 22.0 Å². The molecule has 1 amide bonds. The molecule has 0 saturated carbocycles. The molecule has 0 aromatic heterocycles. The third-order valence-corrected chi connectivity index (χ3v) is 9.12. The van der Waals surface area contributed by atoms with Gasteiger partial charge in [-0.3, -0.25) is 4.79 Å². The van der Waals surface area contributed by atoms with Gasteiger partial charge in [0.1, 0.15) is 16.5 Å². The lowest BCUT2D eigenvalue weighted by atomic mass is 9.89. The van der Waals surface area contributed by atoms with E-state index in [4.69, 9.17) is 0 Å². The first-order valence-electron chi connectivity index (χ1n) is 12.0. The van der Waals surface area contributed by atoms with Gasteiger partial charge in [-0.15, -0.1) is 0 Å². The van der Waals surface area contributed by atoms with Crippen molar-refractivity contribution in [2.45, 2.75) is 50.3 Å². The van der Waals surface area contributed by atoms with Gasteiger partial charge in [-0.2, -0.15) is 4.31 Å². The highest BCUT2D eigenvalue weighted by molar-refractivity contribution is 7.89. The van der Waals surface area contributed by atoms with Crippen molar-refractivity contribution in [1.82, 2.24) is 9.21 Å². The molecular formula is C26H32F2N2O3S. The summed E-state index contributed by atoms with van der Waals surface area (Å²) in [6.07, 6.45) is 4.94. The predicted molar refractivity (Wildman–Crippen MR) is 127 cm³/mol. The van der Waals surface area contributed by atoms with Crippen molar-refractivity contribution in [3.63, 3.8) is 0 Å². The second kappa shape index (κ2) is 10.5. The quantitative estimate of drug-likeness (QED) is 0.597. The fraction of sp³-hybridized carbons (Fsp3) is 0.500. The predicted octanol–water partition coefficient (Wildman–Crippen LogP) is 4.55. The molecule has 2 heterocycles. The molecule has 0 N–H and O–H groups in total. The molecule has 2 aromatic carbocycles. The Morgan fingerprint density at radius 3 is 2.24 bits per heavy atom. The van der Waals surface area contributed by atoms with E-state index >= 15 is 0 Å². The second-order valence-corrected chi connectivity index (χ2v) is 11.5. The van der Waals surface area contributed by atoms with Gasteiger partial charge in [0.15, 0.2) is 0 Å². The van der Waals surface area contributed by atoms with Crippen LogP contribution in [0.1, 0.15) is 43.2 Å². The van der Waals surface area contributed by atoms with Crippen LogP contribution in [0.2, 0.25) is 0 Å². The van der Waals surface area contributed by atoms with Gasteiger partial charge < -0.3 is 4.90 Å². The molecule has 0 unspecified atom stereocenters. The number of hydrogen-bond acceptors (Lipinski definition) is 3. The molecule has 8 heteroatoms. The maximum atomic E-state index is 14.0. The fourth-order valence-electron chi connectivity index (χ4n) is 4.98. The molecule has 0 aliphatic carbocycles. The van der Waals surface area contributed by atoms with Crippen LogP contribution in [-0.4, -0.2) is 49.7 Å². The molecule has 2 aliphatic rings. The van der Waals surface area contributed by atoms with Crippen molar-refractivity contribution in [3.05, 3.63) is 65.2 Å². The number of aryl methyl sites for hydroxylation is 2. The number of piperidine rings is 2. The molecule has 2 aliphatic heterocycles. The molecule has 0 atom stereocenters. The molecule has 0 bridgehead atoms. The molecule has 2 fully saturated rings. The minimum atomic E-state index is -4.13. The molecular weight excluding hydrogens is 458 g/mol. The first-order valence-corrected chi connectivity index (χ1v) is 13.5. The van der Waals surface area contributed by atoms with Crippen molar-refractivity contribution < 1.29 is 22.0 Å². The maximum Gasteiger partial charge on any atom is 0.246 e. The summed E-state index contributed by atoms with van der Waals surface area (Å²) in [5.74, 6) is -1.30. The van der Waals surface area contributed by atoms with E-state index in [2.05, 4.69) is 31.2 Å². The number of likely N-dealkylation sites (tertiary alicyclic amines) is 1. The summed E-state index contributed by atoms with van der Waals surface area (Å²) >= 11 is 0. The van der Waals surface area contributed by atoms with Gasteiger partial charge in [-0.05, 0) is 75.1 Å². The summed E-state index contributed by atoms with van der Waals surface area (Å²) in [5, 5.41) is 0. The van der Waals surface area contributed by atoms with E-state index in [0.29, 0.717) is 24.8 Å². The lowest BCUT2D eigenvalue weighted by Gasteiger charge is -2.37. The number of carbonyl (C=O) groups excluding carboxylic acids is 1. The fourth-order valence-corrected chi connectivity index (χ4v) is 6.53. The summed E-state index contributed by atoms with van der Waals surface area (Å²) in [6.45, 7) is 3.82. The highest BCUT2D eigenvalue weighted by Crippen LogP contribution is 2.29. The number of benzene rings is 2. The topological polar surface area (TPSA) is 57.7 Å². The molecule has 0 spiro atoms. The van der Waals surface area contributed by atoms with E-state index in [-0.39, 0.29) is 24.9 Å². The number of halogens is 2. The van der Waals surface area contributed by atoms with Gasteiger partial charge in [-0.1, -0.05) is 29.8 Å². The van der Waals surface area contributed by atoms with Gasteiger partial charge in [-0.25, -0.2) is 17.2 Å². The molecule has 184 valence electrons. The average Bonchev–Trinajstić information content (AvgIpc) is 2.85. The number of rotatable bonds is 6. The van der Waals surface area contributed by atoms with Crippen LogP contribution in [0.5, 0.6) is 0 Å². The molecule has 2 saturated heterocycles. The number of hydrogen-bond donors (Lipinski definition) is 0. The van der Waals surface area contributed by atoms with Crippen LogP contribution in [-0.2, 0) is 21.2 Å². The number of carbonyl (C=O) groups is 1. The summed E-state index contributed by atoms with van der Waals surface area (Å²) in [4.78, 5) is 14.3. The van der Waals surface area contributed by atoms with Crippen molar-refractivity contribution >= 4 is 15.9 Å². The third-order valence-electron chi connectivity index (χ3n) is 7.20. The van der Waals surface area contributed by atoms with Crippen LogP contribution in [0, 0.1) is 30.4 Å². The second-order valence-electron chi connectivity index (χ2n) is 9.55. The smallest absolute Gasteiger partial charge is 0.246 e. The highest BCUT2D eigenvalue weighted by atomic mass is 32.2. The monoisotopic (exact) mass is 490 g/mol. The third kappa shape index (κ3) is 5.66. The van der Waals surface area contributed by atoms with Crippen LogP contribution in [0.3, 0.4) is 0 Å². The van der Waals surface area contributed by atoms with Crippen LogP contribution in [0.4, 0.5) is 8.78 Å². The van der Waals surface area contributed by atoms with Gasteiger partial charge >= 0.3 is 0 Å². The van der Waals surface area contributed by atoms with Crippen LogP contribution >= 0.6 is 0 Å². The average molecular weight is 491 g/mol. The Morgan fingerprint density at radius 2 is 1.59 bits per heavy atom. The Bertz CT molecular complexity index is 1110. The normalized spacial score (nSPS) is 18.9. The van der Waals surface area contributed by atoms with Crippen molar-refractivity contribution in [2.75, 3.05) is 26.2 Å². The van der Waals surface area contributed by atoms with Crippen LogP contribution in [0.25, 0.3) is 0 Å². The standard InChI is InChI=1S/C26H32F2N2O3S/c1-19-2-4-20(5-3-19)6-7-21-10-14-29(15-11-21)26(31)22-12-16-30(17-13-22)34(32,33)25-18-23(27)8-9-24(25)28/h2-5,8-9,18,21-22H,6-7,10-17H2,1H3. The SMILES string of the molecule is Cc1ccc(CCC2CCN(C(=O)C3CCN(S(=O)(=O)c4cc(F)ccc4F)CC3)CC2)cc1. The number of amides is 1. The van der Waals surface area contributed by atoms with E-state index in [0.717, 1.165) is 55.2 Å². The number of sulfonamides is 1. The summed E-state index contributed by atoms with van der Waals surface area (Å²) < 4.78 is 54.2. The molecule has 0 radical (unpaired) electrons. The molecule has 5 nitrogen and oxygen atoms in total. The van der Waals surface area contributed by atoms with Gasteiger partial charge in [0, 0.05) is 32.1 Å². The van der Waals surface area contributed by atoms with Crippen molar-refractivity contribution in [1.29, 1.82) is 0 Å². The number of nitrogens with zero attached hydrogens (tertiary/aromatic N) is 2. The minimum absolute atomic E-state index is 0.0889. The summed E-state index contributed by atoms with van der Waals surface area (Å²) in [6, 6.07) is 11.1. The Hall–Kier alpha value is -2.32. The van der Waals surface area contributed by atoms with Gasteiger partial charge in [0.2, 0.25) is 15.9 Å². The first kappa shape index (κ1) is 24.8. The zero-order valence-electron chi connectivity index (χ0n) is 19.6. The van der Waals surface area contributed by atoms with E-state index in [1.165, 1.54) is 11.1 Å². The molecule has 2 aromatic rings. The lowest BCUT2D eigenvalue weighted by Crippen LogP contribution is -2.46. The van der Waals surface area contributed by atoms with Gasteiger partial charge in [0.05, 0.1) is 0 Å². The lowest BCUT2D eigenvalue weighted by molar-refractivity contribution is -0.138. The zero-order chi connectivity index (χ0) is 24.3. The Kier molecular flexibility index (Phi) is 7.67. The Balaban J connectivity index is 1.25. The van der Waals surface area contributed by atoms with Crippen LogP contribution < -0.4 is 0 Å². The zero-order valence-corrected chi connectivity index (χ0v) is 20.4. The van der Waals surface area contributed by atoms with E-state index in [1.54, 1.807) is 0 Å². The van der Waals surface area contributed by atoms with Crippen molar-refractivity contribution in [3.8, 4) is 0 Å². The van der Waals surface area contributed by atoms with Crippen LogP contribution in [0.15, 0.2) is 47.4 Å². The molecule has 4 rings (SSSR count). The first-order chi connectivity index (χ1) is 16.2. The highest BCUT2D eigenvalue weighted by Gasteiger charge is 2.36. The minimum Gasteiger partial charge on any atom is -0.342 e.